The zero-order valence-electron chi connectivity index (χ0n) is 10.7. The van der Waals surface area contributed by atoms with E-state index in [-0.39, 0.29) is 0 Å². The summed E-state index contributed by atoms with van der Waals surface area (Å²) in [5, 5.41) is 4.40. The third-order valence-electron chi connectivity index (χ3n) is 4.02. The van der Waals surface area contributed by atoms with Crippen LogP contribution in [0.15, 0.2) is 24.4 Å². The van der Waals surface area contributed by atoms with Crippen LogP contribution in [0.5, 0.6) is 0 Å². The first-order valence-electron chi connectivity index (χ1n) is 6.72. The molecule has 1 aliphatic rings. The molecule has 2 aromatic rings. The van der Waals surface area contributed by atoms with Crippen LogP contribution in [0.25, 0.3) is 5.52 Å². The molecule has 1 aliphatic heterocycles. The number of piperidine rings is 1. The largest absolute Gasteiger partial charge is 0.319 e. The number of halogens is 1. The number of hydrogen-bond acceptors (Lipinski definition) is 1. The molecule has 0 aromatic carbocycles. The van der Waals surface area contributed by atoms with E-state index in [0.717, 1.165) is 29.4 Å². The van der Waals surface area contributed by atoms with Crippen LogP contribution >= 0.6 is 11.6 Å². The Kier molecular flexibility index (Phi) is 3.31. The molecule has 0 spiro atoms. The quantitative estimate of drug-likeness (QED) is 0.877. The molecule has 0 bridgehead atoms. The van der Waals surface area contributed by atoms with E-state index < -0.39 is 0 Å². The number of rotatable bonds is 2. The zero-order valence-corrected chi connectivity index (χ0v) is 11.5. The van der Waals surface area contributed by atoms with E-state index in [4.69, 9.17) is 11.6 Å². The standard InChI is InChI=1S/C15H19ClN2/c1-11-14(9-12-5-4-7-17-10-12)18-8-3-2-6-13(18)15(11)16/h2-3,6,8,12,17H,4-5,7,9-10H2,1H3. The van der Waals surface area contributed by atoms with Crippen molar-refractivity contribution in [2.45, 2.75) is 26.2 Å². The van der Waals surface area contributed by atoms with Crippen LogP contribution < -0.4 is 5.32 Å². The summed E-state index contributed by atoms with van der Waals surface area (Å²) in [6.45, 7) is 4.45. The Morgan fingerprint density at radius 2 is 2.33 bits per heavy atom. The second-order valence-electron chi connectivity index (χ2n) is 5.26. The lowest BCUT2D eigenvalue weighted by molar-refractivity contribution is 0.372. The summed E-state index contributed by atoms with van der Waals surface area (Å²) in [7, 11) is 0. The Hall–Kier alpha value is -0.990. The molecule has 3 heterocycles. The third-order valence-corrected chi connectivity index (χ3v) is 4.50. The van der Waals surface area contributed by atoms with Gasteiger partial charge in [-0.15, -0.1) is 0 Å². The van der Waals surface area contributed by atoms with E-state index in [1.54, 1.807) is 0 Å². The van der Waals surface area contributed by atoms with Crippen LogP contribution in [0.1, 0.15) is 24.1 Å². The topological polar surface area (TPSA) is 16.4 Å². The summed E-state index contributed by atoms with van der Waals surface area (Å²) < 4.78 is 2.26. The van der Waals surface area contributed by atoms with Crippen LogP contribution in [0, 0.1) is 12.8 Å². The summed E-state index contributed by atoms with van der Waals surface area (Å²) >= 11 is 6.43. The molecule has 3 heteroatoms. The van der Waals surface area contributed by atoms with Crippen molar-refractivity contribution in [2.75, 3.05) is 13.1 Å². The van der Waals surface area contributed by atoms with Gasteiger partial charge in [0.2, 0.25) is 0 Å². The number of aromatic nitrogens is 1. The van der Waals surface area contributed by atoms with Gasteiger partial charge in [-0.25, -0.2) is 0 Å². The molecule has 0 saturated carbocycles. The molecule has 1 unspecified atom stereocenters. The molecule has 1 N–H and O–H groups in total. The van der Waals surface area contributed by atoms with Crippen molar-refractivity contribution in [1.82, 2.24) is 9.72 Å². The van der Waals surface area contributed by atoms with Crippen molar-refractivity contribution in [3.8, 4) is 0 Å². The average molecular weight is 263 g/mol. The monoisotopic (exact) mass is 262 g/mol. The molecule has 96 valence electrons. The average Bonchev–Trinajstić information content (AvgIpc) is 2.66. The van der Waals surface area contributed by atoms with Crippen molar-refractivity contribution in [1.29, 1.82) is 0 Å². The highest BCUT2D eigenvalue weighted by molar-refractivity contribution is 6.34. The highest BCUT2D eigenvalue weighted by Crippen LogP contribution is 2.30. The lowest BCUT2D eigenvalue weighted by Gasteiger charge is -2.23. The first-order chi connectivity index (χ1) is 8.77. The molecule has 1 fully saturated rings. The van der Waals surface area contributed by atoms with E-state index >= 15 is 0 Å². The van der Waals surface area contributed by atoms with Crippen LogP contribution in [0.4, 0.5) is 0 Å². The highest BCUT2D eigenvalue weighted by Gasteiger charge is 2.19. The fourth-order valence-corrected chi connectivity index (χ4v) is 3.24. The van der Waals surface area contributed by atoms with Crippen molar-refractivity contribution in [3.63, 3.8) is 0 Å². The molecule has 0 aliphatic carbocycles. The second kappa shape index (κ2) is 4.94. The molecule has 0 radical (unpaired) electrons. The lowest BCUT2D eigenvalue weighted by atomic mass is 9.94. The maximum Gasteiger partial charge on any atom is 0.0693 e. The number of nitrogens with one attached hydrogen (secondary N) is 1. The maximum atomic E-state index is 6.43. The van der Waals surface area contributed by atoms with Crippen LogP contribution in [-0.2, 0) is 6.42 Å². The van der Waals surface area contributed by atoms with E-state index in [1.807, 2.05) is 6.07 Å². The SMILES string of the molecule is Cc1c(Cl)c2ccccn2c1CC1CCCNC1. The van der Waals surface area contributed by atoms with Gasteiger partial charge >= 0.3 is 0 Å². The Morgan fingerprint density at radius 1 is 1.44 bits per heavy atom. The van der Waals surface area contributed by atoms with Gasteiger partial charge in [0, 0.05) is 11.9 Å². The molecule has 0 amide bonds. The van der Waals surface area contributed by atoms with Crippen LogP contribution in [0.3, 0.4) is 0 Å². The Balaban J connectivity index is 1.97. The highest BCUT2D eigenvalue weighted by atomic mass is 35.5. The molecule has 3 rings (SSSR count). The van der Waals surface area contributed by atoms with Gasteiger partial charge in [-0.05, 0) is 62.9 Å². The summed E-state index contributed by atoms with van der Waals surface area (Å²) in [4.78, 5) is 0. The maximum absolute atomic E-state index is 6.43. The first-order valence-corrected chi connectivity index (χ1v) is 7.10. The van der Waals surface area contributed by atoms with Crippen molar-refractivity contribution in [3.05, 3.63) is 40.7 Å². The number of hydrogen-bond donors (Lipinski definition) is 1. The molecule has 1 saturated heterocycles. The van der Waals surface area contributed by atoms with Gasteiger partial charge in [0.15, 0.2) is 0 Å². The Bertz CT molecular complexity index is 553. The van der Waals surface area contributed by atoms with E-state index in [9.17, 15) is 0 Å². The molecular formula is C15H19ClN2. The number of pyridine rings is 1. The summed E-state index contributed by atoms with van der Waals surface area (Å²) in [5.41, 5.74) is 3.76. The second-order valence-corrected chi connectivity index (χ2v) is 5.64. The first kappa shape index (κ1) is 12.1. The van der Waals surface area contributed by atoms with E-state index in [2.05, 4.69) is 35.0 Å². The minimum absolute atomic E-state index is 0.742. The third kappa shape index (κ3) is 2.04. The minimum atomic E-state index is 0.742. The number of nitrogens with zero attached hydrogens (tertiary/aromatic N) is 1. The van der Waals surface area contributed by atoms with Gasteiger partial charge in [0.1, 0.15) is 0 Å². The van der Waals surface area contributed by atoms with Gasteiger partial charge < -0.3 is 9.72 Å². The normalized spacial score (nSPS) is 20.4. The fourth-order valence-electron chi connectivity index (χ4n) is 2.98. The molecule has 18 heavy (non-hydrogen) atoms. The van der Waals surface area contributed by atoms with Gasteiger partial charge in [-0.1, -0.05) is 17.7 Å². The van der Waals surface area contributed by atoms with Crippen molar-refractivity contribution < 1.29 is 0 Å². The molecule has 2 nitrogen and oxygen atoms in total. The number of fused-ring (bicyclic) bond motifs is 1. The summed E-state index contributed by atoms with van der Waals surface area (Å²) in [5.74, 6) is 0.742. The van der Waals surface area contributed by atoms with Gasteiger partial charge in [-0.2, -0.15) is 0 Å². The zero-order chi connectivity index (χ0) is 12.5. The van der Waals surface area contributed by atoms with E-state index in [0.29, 0.717) is 0 Å². The van der Waals surface area contributed by atoms with Gasteiger partial charge in [0.25, 0.3) is 0 Å². The summed E-state index contributed by atoms with van der Waals surface area (Å²) in [6.07, 6.45) is 5.86. The van der Waals surface area contributed by atoms with Crippen LogP contribution in [0.2, 0.25) is 5.02 Å². The van der Waals surface area contributed by atoms with Gasteiger partial charge in [-0.3, -0.25) is 0 Å². The van der Waals surface area contributed by atoms with E-state index in [1.165, 1.54) is 30.6 Å². The van der Waals surface area contributed by atoms with Gasteiger partial charge in [0.05, 0.1) is 10.5 Å². The molecule has 2 aromatic heterocycles. The molecular weight excluding hydrogens is 244 g/mol. The van der Waals surface area contributed by atoms with Crippen molar-refractivity contribution in [2.24, 2.45) is 5.92 Å². The van der Waals surface area contributed by atoms with Crippen LogP contribution in [-0.4, -0.2) is 17.5 Å². The lowest BCUT2D eigenvalue weighted by Crippen LogP contribution is -2.31. The minimum Gasteiger partial charge on any atom is -0.319 e. The van der Waals surface area contributed by atoms with Crippen molar-refractivity contribution >= 4 is 17.1 Å². The Morgan fingerprint density at radius 3 is 3.11 bits per heavy atom. The summed E-state index contributed by atoms with van der Waals surface area (Å²) in [6, 6.07) is 6.22. The Labute approximate surface area is 113 Å². The molecule has 1 atom stereocenters. The predicted molar refractivity (Wildman–Crippen MR) is 76.4 cm³/mol. The predicted octanol–water partition coefficient (Wildman–Crippen LogP) is 3.44. The fraction of sp³-hybridized carbons (Fsp3) is 0.467. The smallest absolute Gasteiger partial charge is 0.0693 e.